The molecule has 0 aliphatic heterocycles. The SMILES string of the molecule is CCOC(=O)C(C(=O)OCC)C(=O)c1ccc(SC)cc1. The first-order valence-corrected chi connectivity index (χ1v) is 7.79. The van der Waals surface area contributed by atoms with E-state index in [0.29, 0.717) is 0 Å². The van der Waals surface area contributed by atoms with Crippen LogP contribution in [0.4, 0.5) is 0 Å². The maximum absolute atomic E-state index is 12.4. The Morgan fingerprint density at radius 2 is 1.48 bits per heavy atom. The number of carbonyl (C=O) groups excluding carboxylic acids is 3. The van der Waals surface area contributed by atoms with Gasteiger partial charge in [0.1, 0.15) is 0 Å². The normalized spacial score (nSPS) is 10.3. The standard InChI is InChI=1S/C15H18O5S/c1-4-19-14(17)12(15(18)20-5-2)13(16)10-6-8-11(21-3)9-7-10/h6-9,12H,4-5H2,1-3H3. The van der Waals surface area contributed by atoms with Gasteiger partial charge in [-0.2, -0.15) is 0 Å². The molecule has 0 atom stereocenters. The lowest BCUT2D eigenvalue weighted by atomic mass is 9.98. The molecule has 0 unspecified atom stereocenters. The van der Waals surface area contributed by atoms with Gasteiger partial charge in [-0.3, -0.25) is 14.4 Å². The van der Waals surface area contributed by atoms with E-state index in [4.69, 9.17) is 9.47 Å². The third-order valence-corrected chi connectivity index (χ3v) is 3.42. The Hall–Kier alpha value is -1.82. The van der Waals surface area contributed by atoms with E-state index in [1.54, 1.807) is 38.1 Å². The summed E-state index contributed by atoms with van der Waals surface area (Å²) < 4.78 is 9.59. The van der Waals surface area contributed by atoms with E-state index < -0.39 is 23.6 Å². The molecule has 6 heteroatoms. The van der Waals surface area contributed by atoms with E-state index in [1.165, 1.54) is 11.8 Å². The highest BCUT2D eigenvalue weighted by molar-refractivity contribution is 7.98. The highest BCUT2D eigenvalue weighted by Gasteiger charge is 2.37. The van der Waals surface area contributed by atoms with Crippen LogP contribution in [0.25, 0.3) is 0 Å². The Balaban J connectivity index is 3.02. The zero-order valence-corrected chi connectivity index (χ0v) is 13.1. The van der Waals surface area contributed by atoms with Gasteiger partial charge >= 0.3 is 11.9 Å². The van der Waals surface area contributed by atoms with Gasteiger partial charge in [0.2, 0.25) is 5.92 Å². The predicted octanol–water partition coefficient (Wildman–Crippen LogP) is 2.33. The number of carbonyl (C=O) groups is 3. The minimum Gasteiger partial charge on any atom is -0.465 e. The minimum atomic E-state index is -1.56. The second-order valence-electron chi connectivity index (χ2n) is 4.03. The first-order chi connectivity index (χ1) is 10.0. The first-order valence-electron chi connectivity index (χ1n) is 6.56. The number of thioether (sulfide) groups is 1. The van der Waals surface area contributed by atoms with Crippen LogP contribution in [0.2, 0.25) is 0 Å². The summed E-state index contributed by atoms with van der Waals surface area (Å²) in [6, 6.07) is 6.68. The molecule has 0 N–H and O–H groups in total. The van der Waals surface area contributed by atoms with Crippen molar-refractivity contribution < 1.29 is 23.9 Å². The van der Waals surface area contributed by atoms with E-state index in [9.17, 15) is 14.4 Å². The largest absolute Gasteiger partial charge is 0.465 e. The Kier molecular flexibility index (Phi) is 6.94. The Morgan fingerprint density at radius 3 is 1.86 bits per heavy atom. The predicted molar refractivity (Wildman–Crippen MR) is 79.3 cm³/mol. The van der Waals surface area contributed by atoms with E-state index >= 15 is 0 Å². The summed E-state index contributed by atoms with van der Waals surface area (Å²) in [5.74, 6) is -3.94. The topological polar surface area (TPSA) is 69.7 Å². The highest BCUT2D eigenvalue weighted by atomic mass is 32.2. The fourth-order valence-corrected chi connectivity index (χ4v) is 2.09. The number of Topliss-reactive ketones (excluding diaryl/α,β-unsaturated/α-hetero) is 1. The summed E-state index contributed by atoms with van der Waals surface area (Å²) in [6.07, 6.45) is 1.91. The molecular formula is C15H18O5S. The lowest BCUT2D eigenvalue weighted by Gasteiger charge is -2.13. The Morgan fingerprint density at radius 1 is 1.00 bits per heavy atom. The molecule has 1 aromatic carbocycles. The van der Waals surface area contributed by atoms with Crippen molar-refractivity contribution >= 4 is 29.5 Å². The van der Waals surface area contributed by atoms with Crippen LogP contribution in [0.5, 0.6) is 0 Å². The van der Waals surface area contributed by atoms with Gasteiger partial charge < -0.3 is 9.47 Å². The maximum atomic E-state index is 12.4. The zero-order chi connectivity index (χ0) is 15.8. The van der Waals surface area contributed by atoms with Gasteiger partial charge in [-0.15, -0.1) is 11.8 Å². The highest BCUT2D eigenvalue weighted by Crippen LogP contribution is 2.18. The average molecular weight is 310 g/mol. The average Bonchev–Trinajstić information content (AvgIpc) is 2.48. The van der Waals surface area contributed by atoms with Crippen molar-refractivity contribution in [1.29, 1.82) is 0 Å². The second kappa shape index (κ2) is 8.46. The van der Waals surface area contributed by atoms with Gasteiger partial charge in [0.15, 0.2) is 5.78 Å². The van der Waals surface area contributed by atoms with E-state index in [2.05, 4.69) is 0 Å². The summed E-state index contributed by atoms with van der Waals surface area (Å²) in [6.45, 7) is 3.40. The van der Waals surface area contributed by atoms with Crippen LogP contribution in [0.1, 0.15) is 24.2 Å². The molecule has 21 heavy (non-hydrogen) atoms. The van der Waals surface area contributed by atoms with Crippen molar-refractivity contribution in [3.05, 3.63) is 29.8 Å². The molecule has 1 rings (SSSR count). The number of benzene rings is 1. The summed E-state index contributed by atoms with van der Waals surface area (Å²) in [7, 11) is 0. The number of ketones is 1. The molecule has 1 aromatic rings. The van der Waals surface area contributed by atoms with Gasteiger partial charge in [-0.05, 0) is 32.2 Å². The van der Waals surface area contributed by atoms with Crippen LogP contribution in [0.3, 0.4) is 0 Å². The van der Waals surface area contributed by atoms with E-state index in [0.717, 1.165) is 4.90 Å². The molecule has 0 aliphatic carbocycles. The molecule has 0 radical (unpaired) electrons. The molecule has 114 valence electrons. The fourth-order valence-electron chi connectivity index (χ4n) is 1.68. The van der Waals surface area contributed by atoms with Gasteiger partial charge in [0.05, 0.1) is 13.2 Å². The lowest BCUT2D eigenvalue weighted by Crippen LogP contribution is -2.35. The van der Waals surface area contributed by atoms with E-state index in [-0.39, 0.29) is 18.8 Å². The summed E-state index contributed by atoms with van der Waals surface area (Å²) in [5, 5.41) is 0. The first kappa shape index (κ1) is 17.2. The lowest BCUT2D eigenvalue weighted by molar-refractivity contribution is -0.158. The van der Waals surface area contributed by atoms with Crippen molar-refractivity contribution in [2.24, 2.45) is 5.92 Å². The van der Waals surface area contributed by atoms with Crippen LogP contribution < -0.4 is 0 Å². The molecule has 0 aromatic heterocycles. The van der Waals surface area contributed by atoms with E-state index in [1.807, 2.05) is 6.26 Å². The molecular weight excluding hydrogens is 292 g/mol. The number of esters is 2. The van der Waals surface area contributed by atoms with Crippen molar-refractivity contribution in [1.82, 2.24) is 0 Å². The molecule has 5 nitrogen and oxygen atoms in total. The number of rotatable bonds is 7. The second-order valence-corrected chi connectivity index (χ2v) is 4.91. The van der Waals surface area contributed by atoms with Crippen LogP contribution in [0.15, 0.2) is 29.2 Å². The molecule has 0 bridgehead atoms. The third kappa shape index (κ3) is 4.60. The fraction of sp³-hybridized carbons (Fsp3) is 0.400. The maximum Gasteiger partial charge on any atom is 0.328 e. The summed E-state index contributed by atoms with van der Waals surface area (Å²) >= 11 is 1.53. The molecule has 0 aliphatic rings. The Bertz CT molecular complexity index is 491. The van der Waals surface area contributed by atoms with Crippen molar-refractivity contribution in [2.75, 3.05) is 19.5 Å². The van der Waals surface area contributed by atoms with Crippen molar-refractivity contribution in [3.8, 4) is 0 Å². The molecule has 0 saturated heterocycles. The number of hydrogen-bond donors (Lipinski definition) is 0. The van der Waals surface area contributed by atoms with Gasteiger partial charge in [0.25, 0.3) is 0 Å². The van der Waals surface area contributed by atoms with Crippen LogP contribution in [0, 0.1) is 5.92 Å². The monoisotopic (exact) mass is 310 g/mol. The van der Waals surface area contributed by atoms with Gasteiger partial charge in [-0.1, -0.05) is 12.1 Å². The molecule has 0 fully saturated rings. The molecule has 0 amide bonds. The van der Waals surface area contributed by atoms with Gasteiger partial charge in [0, 0.05) is 10.5 Å². The quantitative estimate of drug-likeness (QED) is 0.333. The van der Waals surface area contributed by atoms with Gasteiger partial charge in [-0.25, -0.2) is 0 Å². The smallest absolute Gasteiger partial charge is 0.328 e. The summed E-state index contributed by atoms with van der Waals surface area (Å²) in [4.78, 5) is 37.0. The molecule has 0 heterocycles. The Labute approximate surface area is 128 Å². The third-order valence-electron chi connectivity index (χ3n) is 2.68. The van der Waals surface area contributed by atoms with Crippen molar-refractivity contribution in [2.45, 2.75) is 18.7 Å². The molecule has 0 spiro atoms. The summed E-state index contributed by atoms with van der Waals surface area (Å²) in [5.41, 5.74) is 0.277. The van der Waals surface area contributed by atoms with Crippen LogP contribution >= 0.6 is 11.8 Å². The van der Waals surface area contributed by atoms with Crippen molar-refractivity contribution in [3.63, 3.8) is 0 Å². The molecule has 0 saturated carbocycles. The number of hydrogen-bond acceptors (Lipinski definition) is 6. The zero-order valence-electron chi connectivity index (χ0n) is 12.3. The number of ether oxygens (including phenoxy) is 2. The minimum absolute atomic E-state index is 0.0907. The van der Waals surface area contributed by atoms with Crippen LogP contribution in [-0.2, 0) is 19.1 Å². The van der Waals surface area contributed by atoms with Crippen LogP contribution in [-0.4, -0.2) is 37.2 Å².